The van der Waals surface area contributed by atoms with Gasteiger partial charge in [-0.1, -0.05) is 20.8 Å². The topological polar surface area (TPSA) is 56.7 Å². The molecule has 1 heterocycles. The second-order valence-corrected chi connectivity index (χ2v) is 3.55. The number of hydrogen-bond acceptors (Lipinski definition) is 3. The normalized spacial score (nSPS) is 11.1. The third kappa shape index (κ3) is 2.25. The molecule has 0 amide bonds. The highest BCUT2D eigenvalue weighted by Crippen LogP contribution is 2.17. The zero-order valence-corrected chi connectivity index (χ0v) is 9.32. The summed E-state index contributed by atoms with van der Waals surface area (Å²) < 4.78 is 1.87. The van der Waals surface area contributed by atoms with Crippen molar-refractivity contribution >= 4 is 5.95 Å². The van der Waals surface area contributed by atoms with E-state index in [9.17, 15) is 0 Å². The number of nitrogens with two attached hydrogens (primary N) is 1. The van der Waals surface area contributed by atoms with Crippen LogP contribution in [-0.2, 0) is 6.42 Å². The van der Waals surface area contributed by atoms with Crippen LogP contribution in [0, 0.1) is 0 Å². The molecule has 80 valence electrons. The number of aromatic nitrogens is 3. The first kappa shape index (κ1) is 11.0. The largest absolute Gasteiger partial charge is 0.368 e. The SMILES string of the molecule is CCCc1nc(N)n(C(CC)CC)n1. The quantitative estimate of drug-likeness (QED) is 0.785. The molecule has 0 aliphatic carbocycles. The summed E-state index contributed by atoms with van der Waals surface area (Å²) in [5.74, 6) is 1.43. The Labute approximate surface area is 85.5 Å². The van der Waals surface area contributed by atoms with Gasteiger partial charge in [0.05, 0.1) is 6.04 Å². The van der Waals surface area contributed by atoms with Gasteiger partial charge < -0.3 is 5.73 Å². The Morgan fingerprint density at radius 2 is 1.93 bits per heavy atom. The van der Waals surface area contributed by atoms with Gasteiger partial charge in [0.25, 0.3) is 0 Å². The maximum absolute atomic E-state index is 5.81. The molecule has 2 N–H and O–H groups in total. The zero-order valence-electron chi connectivity index (χ0n) is 9.32. The summed E-state index contributed by atoms with van der Waals surface area (Å²) in [4.78, 5) is 4.25. The third-order valence-corrected chi connectivity index (χ3v) is 2.46. The summed E-state index contributed by atoms with van der Waals surface area (Å²) >= 11 is 0. The highest BCUT2D eigenvalue weighted by Gasteiger charge is 2.12. The molecule has 0 fully saturated rings. The minimum Gasteiger partial charge on any atom is -0.368 e. The van der Waals surface area contributed by atoms with E-state index in [1.54, 1.807) is 0 Å². The number of aryl methyl sites for hydroxylation is 1. The van der Waals surface area contributed by atoms with E-state index in [2.05, 4.69) is 30.9 Å². The Kier molecular flexibility index (Phi) is 3.92. The van der Waals surface area contributed by atoms with Gasteiger partial charge >= 0.3 is 0 Å². The molecule has 0 aliphatic heterocycles. The lowest BCUT2D eigenvalue weighted by molar-refractivity contribution is 0.431. The average Bonchev–Trinajstić information content (AvgIpc) is 2.51. The van der Waals surface area contributed by atoms with Gasteiger partial charge in [-0.05, 0) is 19.3 Å². The molecule has 0 atom stereocenters. The molecular formula is C10H20N4. The molecule has 14 heavy (non-hydrogen) atoms. The second-order valence-electron chi connectivity index (χ2n) is 3.55. The Morgan fingerprint density at radius 1 is 1.29 bits per heavy atom. The Balaban J connectivity index is 2.85. The van der Waals surface area contributed by atoms with Crippen molar-refractivity contribution in [1.29, 1.82) is 0 Å². The molecule has 0 unspecified atom stereocenters. The fourth-order valence-electron chi connectivity index (χ4n) is 1.61. The van der Waals surface area contributed by atoms with Crippen LogP contribution in [0.15, 0.2) is 0 Å². The first-order valence-corrected chi connectivity index (χ1v) is 5.43. The van der Waals surface area contributed by atoms with Crippen molar-refractivity contribution in [1.82, 2.24) is 14.8 Å². The fourth-order valence-corrected chi connectivity index (χ4v) is 1.61. The number of hydrogen-bond donors (Lipinski definition) is 1. The number of anilines is 1. The van der Waals surface area contributed by atoms with Crippen molar-refractivity contribution in [2.45, 2.75) is 52.5 Å². The van der Waals surface area contributed by atoms with E-state index in [1.165, 1.54) is 0 Å². The minimum atomic E-state index is 0.396. The summed E-state index contributed by atoms with van der Waals surface area (Å²) in [6.07, 6.45) is 4.08. The van der Waals surface area contributed by atoms with Gasteiger partial charge in [0, 0.05) is 6.42 Å². The van der Waals surface area contributed by atoms with Crippen LogP contribution in [0.2, 0.25) is 0 Å². The van der Waals surface area contributed by atoms with Gasteiger partial charge in [-0.25, -0.2) is 4.68 Å². The van der Waals surface area contributed by atoms with Gasteiger partial charge in [0.15, 0.2) is 5.82 Å². The lowest BCUT2D eigenvalue weighted by Gasteiger charge is -2.12. The molecule has 0 radical (unpaired) electrons. The van der Waals surface area contributed by atoms with E-state index < -0.39 is 0 Å². The predicted molar refractivity (Wildman–Crippen MR) is 58.0 cm³/mol. The van der Waals surface area contributed by atoms with Crippen molar-refractivity contribution in [2.24, 2.45) is 0 Å². The third-order valence-electron chi connectivity index (χ3n) is 2.46. The number of nitrogens with zero attached hydrogens (tertiary/aromatic N) is 3. The summed E-state index contributed by atoms with van der Waals surface area (Å²) in [5, 5.41) is 4.42. The summed E-state index contributed by atoms with van der Waals surface area (Å²) in [6.45, 7) is 6.41. The molecule has 4 nitrogen and oxygen atoms in total. The molecule has 1 aromatic heterocycles. The van der Waals surface area contributed by atoms with Gasteiger partial charge in [0.2, 0.25) is 5.95 Å². The summed E-state index contributed by atoms with van der Waals surface area (Å²) in [7, 11) is 0. The van der Waals surface area contributed by atoms with E-state index in [4.69, 9.17) is 5.73 Å². The van der Waals surface area contributed by atoms with E-state index in [1.807, 2.05) is 4.68 Å². The first-order chi connectivity index (χ1) is 6.72. The molecule has 0 aromatic carbocycles. The molecule has 0 saturated carbocycles. The standard InChI is InChI=1S/C10H20N4/c1-4-7-9-12-10(11)14(13-9)8(5-2)6-3/h8H,4-7H2,1-3H3,(H2,11,12,13). The van der Waals surface area contributed by atoms with Crippen LogP contribution in [-0.4, -0.2) is 14.8 Å². The van der Waals surface area contributed by atoms with Gasteiger partial charge in [0.1, 0.15) is 0 Å². The van der Waals surface area contributed by atoms with Crippen molar-refractivity contribution in [3.05, 3.63) is 5.82 Å². The Hall–Kier alpha value is -1.06. The molecular weight excluding hydrogens is 176 g/mol. The van der Waals surface area contributed by atoms with E-state index in [-0.39, 0.29) is 0 Å². The molecule has 0 saturated heterocycles. The highest BCUT2D eigenvalue weighted by molar-refractivity contribution is 5.17. The van der Waals surface area contributed by atoms with Gasteiger partial charge in [-0.2, -0.15) is 10.1 Å². The summed E-state index contributed by atoms with van der Waals surface area (Å²) in [5.41, 5.74) is 5.81. The van der Waals surface area contributed by atoms with Crippen LogP contribution in [0.1, 0.15) is 51.9 Å². The minimum absolute atomic E-state index is 0.396. The van der Waals surface area contributed by atoms with Crippen LogP contribution in [0.25, 0.3) is 0 Å². The van der Waals surface area contributed by atoms with Crippen molar-refractivity contribution in [2.75, 3.05) is 5.73 Å². The molecule has 0 aliphatic rings. The zero-order chi connectivity index (χ0) is 10.6. The molecule has 1 rings (SSSR count). The van der Waals surface area contributed by atoms with E-state index in [0.717, 1.165) is 31.5 Å². The average molecular weight is 196 g/mol. The second kappa shape index (κ2) is 4.98. The monoisotopic (exact) mass is 196 g/mol. The summed E-state index contributed by atoms with van der Waals surface area (Å²) in [6, 6.07) is 0.396. The molecule has 4 heteroatoms. The van der Waals surface area contributed by atoms with E-state index >= 15 is 0 Å². The first-order valence-electron chi connectivity index (χ1n) is 5.43. The number of nitrogen functional groups attached to an aromatic ring is 1. The highest BCUT2D eigenvalue weighted by atomic mass is 15.4. The van der Waals surface area contributed by atoms with Crippen LogP contribution in [0.3, 0.4) is 0 Å². The fraction of sp³-hybridized carbons (Fsp3) is 0.800. The maximum atomic E-state index is 5.81. The van der Waals surface area contributed by atoms with Crippen molar-refractivity contribution in [3.63, 3.8) is 0 Å². The molecule has 1 aromatic rings. The lowest BCUT2D eigenvalue weighted by atomic mass is 10.2. The maximum Gasteiger partial charge on any atom is 0.218 e. The Morgan fingerprint density at radius 3 is 2.43 bits per heavy atom. The predicted octanol–water partition coefficient (Wildman–Crippen LogP) is 2.17. The number of rotatable bonds is 5. The smallest absolute Gasteiger partial charge is 0.218 e. The lowest BCUT2D eigenvalue weighted by Crippen LogP contribution is -2.12. The Bertz CT molecular complexity index is 276. The van der Waals surface area contributed by atoms with Crippen LogP contribution in [0.5, 0.6) is 0 Å². The van der Waals surface area contributed by atoms with Crippen LogP contribution >= 0.6 is 0 Å². The van der Waals surface area contributed by atoms with Gasteiger partial charge in [-0.15, -0.1) is 0 Å². The van der Waals surface area contributed by atoms with Crippen molar-refractivity contribution < 1.29 is 0 Å². The van der Waals surface area contributed by atoms with Crippen LogP contribution in [0.4, 0.5) is 5.95 Å². The van der Waals surface area contributed by atoms with Gasteiger partial charge in [-0.3, -0.25) is 0 Å². The molecule has 0 spiro atoms. The molecule has 0 bridgehead atoms. The van der Waals surface area contributed by atoms with Crippen molar-refractivity contribution in [3.8, 4) is 0 Å². The van der Waals surface area contributed by atoms with E-state index in [0.29, 0.717) is 12.0 Å². The van der Waals surface area contributed by atoms with Crippen LogP contribution < -0.4 is 5.73 Å².